The summed E-state index contributed by atoms with van der Waals surface area (Å²) in [7, 11) is 0. The predicted molar refractivity (Wildman–Crippen MR) is 96.4 cm³/mol. The average Bonchev–Trinajstić information content (AvgIpc) is 2.63. The first-order valence-electron chi connectivity index (χ1n) is 8.07. The number of carbonyl (C=O) groups excluding carboxylic acids is 1. The van der Waals surface area contributed by atoms with Crippen molar-refractivity contribution in [3.63, 3.8) is 0 Å². The van der Waals surface area contributed by atoms with Crippen LogP contribution >= 0.6 is 12.4 Å². The van der Waals surface area contributed by atoms with Crippen molar-refractivity contribution in [2.45, 2.75) is 6.42 Å². The Morgan fingerprint density at radius 1 is 1.00 bits per heavy atom. The van der Waals surface area contributed by atoms with Crippen molar-refractivity contribution in [3.05, 3.63) is 59.9 Å². The molecular weight excluding hydrogens is 345 g/mol. The highest BCUT2D eigenvalue weighted by Crippen LogP contribution is 2.22. The number of hydrogen-bond donors (Lipinski definition) is 0. The van der Waals surface area contributed by atoms with Gasteiger partial charge in [-0.15, -0.1) is 12.4 Å². The van der Waals surface area contributed by atoms with Gasteiger partial charge in [0, 0.05) is 31.6 Å². The van der Waals surface area contributed by atoms with Crippen molar-refractivity contribution in [3.8, 4) is 11.5 Å². The third kappa shape index (κ3) is 5.81. The van der Waals surface area contributed by atoms with Gasteiger partial charge in [-0.2, -0.15) is 0 Å². The van der Waals surface area contributed by atoms with Gasteiger partial charge in [-0.3, -0.25) is 9.69 Å². The van der Waals surface area contributed by atoms with Gasteiger partial charge in [0.2, 0.25) is 0 Å². The van der Waals surface area contributed by atoms with Crippen molar-refractivity contribution < 1.29 is 18.7 Å². The standard InChI is InChI=1S/C19H20FNO3.ClH/c20-16-3-7-18(8-4-16)24-17-5-1-15(2-6-17)19(22)9-10-21-11-13-23-14-12-21;/h1-8H,9-14H2;1H. The van der Waals surface area contributed by atoms with Crippen LogP contribution in [-0.2, 0) is 4.74 Å². The Kier molecular flexibility index (Phi) is 7.37. The molecule has 0 saturated carbocycles. The van der Waals surface area contributed by atoms with Crippen LogP contribution in [-0.4, -0.2) is 43.5 Å². The van der Waals surface area contributed by atoms with Crippen LogP contribution < -0.4 is 4.74 Å². The first-order chi connectivity index (χ1) is 11.7. The molecule has 0 N–H and O–H groups in total. The van der Waals surface area contributed by atoms with Crippen molar-refractivity contribution in [1.82, 2.24) is 4.90 Å². The molecule has 1 aliphatic rings. The normalized spacial score (nSPS) is 14.6. The van der Waals surface area contributed by atoms with E-state index in [-0.39, 0.29) is 24.0 Å². The minimum absolute atomic E-state index is 0. The lowest BCUT2D eigenvalue weighted by Crippen LogP contribution is -2.37. The minimum Gasteiger partial charge on any atom is -0.457 e. The number of morpholine rings is 1. The maximum absolute atomic E-state index is 12.9. The van der Waals surface area contributed by atoms with Gasteiger partial charge in [0.05, 0.1) is 13.2 Å². The highest BCUT2D eigenvalue weighted by molar-refractivity contribution is 5.96. The van der Waals surface area contributed by atoms with E-state index in [1.807, 2.05) is 0 Å². The van der Waals surface area contributed by atoms with E-state index in [1.54, 1.807) is 36.4 Å². The van der Waals surface area contributed by atoms with Crippen LogP contribution in [0.1, 0.15) is 16.8 Å². The Hall–Kier alpha value is -1.95. The summed E-state index contributed by atoms with van der Waals surface area (Å²) in [6.07, 6.45) is 0.498. The van der Waals surface area contributed by atoms with E-state index in [4.69, 9.17) is 9.47 Å². The van der Waals surface area contributed by atoms with Crippen molar-refractivity contribution in [1.29, 1.82) is 0 Å². The molecule has 3 rings (SSSR count). The summed E-state index contributed by atoms with van der Waals surface area (Å²) < 4.78 is 23.8. The summed E-state index contributed by atoms with van der Waals surface area (Å²) in [5.74, 6) is 0.993. The fraction of sp³-hybridized carbons (Fsp3) is 0.316. The van der Waals surface area contributed by atoms with Crippen molar-refractivity contribution in [2.75, 3.05) is 32.8 Å². The summed E-state index contributed by atoms with van der Waals surface area (Å²) in [5, 5.41) is 0. The molecule has 0 amide bonds. The molecule has 0 radical (unpaired) electrons. The Bertz CT molecular complexity index is 670. The number of nitrogens with zero attached hydrogens (tertiary/aromatic N) is 1. The fourth-order valence-corrected chi connectivity index (χ4v) is 2.58. The maximum Gasteiger partial charge on any atom is 0.164 e. The Labute approximate surface area is 153 Å². The van der Waals surface area contributed by atoms with E-state index in [2.05, 4.69) is 4.90 Å². The number of carbonyl (C=O) groups is 1. The van der Waals surface area contributed by atoms with E-state index >= 15 is 0 Å². The van der Waals surface area contributed by atoms with Gasteiger partial charge in [-0.1, -0.05) is 0 Å². The smallest absolute Gasteiger partial charge is 0.164 e. The zero-order chi connectivity index (χ0) is 16.8. The summed E-state index contributed by atoms with van der Waals surface area (Å²) in [4.78, 5) is 14.5. The second-order valence-corrected chi connectivity index (χ2v) is 5.71. The van der Waals surface area contributed by atoms with Crippen LogP contribution in [0, 0.1) is 5.82 Å². The molecule has 0 unspecified atom stereocenters. The van der Waals surface area contributed by atoms with Crippen molar-refractivity contribution >= 4 is 18.2 Å². The van der Waals surface area contributed by atoms with E-state index < -0.39 is 0 Å². The van der Waals surface area contributed by atoms with Gasteiger partial charge in [0.1, 0.15) is 17.3 Å². The summed E-state index contributed by atoms with van der Waals surface area (Å²) in [6, 6.07) is 12.9. The topological polar surface area (TPSA) is 38.8 Å². The number of ether oxygens (including phenoxy) is 2. The van der Waals surface area contributed by atoms with Crippen molar-refractivity contribution in [2.24, 2.45) is 0 Å². The molecule has 0 bridgehead atoms. The highest BCUT2D eigenvalue weighted by atomic mass is 35.5. The van der Waals surface area contributed by atoms with Crippen LogP contribution in [0.2, 0.25) is 0 Å². The second kappa shape index (κ2) is 9.51. The van der Waals surface area contributed by atoms with Gasteiger partial charge < -0.3 is 9.47 Å². The number of hydrogen-bond acceptors (Lipinski definition) is 4. The molecule has 2 aromatic rings. The van der Waals surface area contributed by atoms with E-state index in [9.17, 15) is 9.18 Å². The molecule has 0 atom stereocenters. The average molecular weight is 366 g/mol. The lowest BCUT2D eigenvalue weighted by Gasteiger charge is -2.26. The Morgan fingerprint density at radius 3 is 2.16 bits per heavy atom. The molecule has 0 spiro atoms. The SMILES string of the molecule is Cl.O=C(CCN1CCOCC1)c1ccc(Oc2ccc(F)cc2)cc1. The number of benzene rings is 2. The molecule has 6 heteroatoms. The minimum atomic E-state index is -0.302. The molecule has 1 fully saturated rings. The molecule has 25 heavy (non-hydrogen) atoms. The lowest BCUT2D eigenvalue weighted by atomic mass is 10.1. The van der Waals surface area contributed by atoms with Gasteiger partial charge in [-0.25, -0.2) is 4.39 Å². The molecule has 0 aromatic heterocycles. The van der Waals surface area contributed by atoms with Crippen LogP contribution in [0.4, 0.5) is 4.39 Å². The highest BCUT2D eigenvalue weighted by Gasteiger charge is 2.13. The largest absolute Gasteiger partial charge is 0.457 e. The van der Waals surface area contributed by atoms with Crippen LogP contribution in [0.3, 0.4) is 0 Å². The summed E-state index contributed by atoms with van der Waals surface area (Å²) >= 11 is 0. The summed E-state index contributed by atoms with van der Waals surface area (Å²) in [5.41, 5.74) is 0.676. The lowest BCUT2D eigenvalue weighted by molar-refractivity contribution is 0.0370. The molecule has 0 aliphatic carbocycles. The maximum atomic E-state index is 12.9. The monoisotopic (exact) mass is 365 g/mol. The number of halogens is 2. The second-order valence-electron chi connectivity index (χ2n) is 5.71. The van der Waals surface area contributed by atoms with E-state index in [0.29, 0.717) is 23.5 Å². The zero-order valence-electron chi connectivity index (χ0n) is 13.8. The first-order valence-corrected chi connectivity index (χ1v) is 8.07. The van der Waals surface area contributed by atoms with Gasteiger partial charge in [0.15, 0.2) is 5.78 Å². The van der Waals surface area contributed by atoms with Crippen LogP contribution in [0.15, 0.2) is 48.5 Å². The third-order valence-electron chi connectivity index (χ3n) is 3.98. The number of ketones is 1. The van der Waals surface area contributed by atoms with Gasteiger partial charge in [0.25, 0.3) is 0 Å². The quantitative estimate of drug-likeness (QED) is 0.727. The number of Topliss-reactive ketones (excluding diaryl/α,β-unsaturated/α-hetero) is 1. The van der Waals surface area contributed by atoms with Gasteiger partial charge in [-0.05, 0) is 48.5 Å². The first kappa shape index (κ1) is 19.4. The van der Waals surface area contributed by atoms with Gasteiger partial charge >= 0.3 is 0 Å². The molecule has 134 valence electrons. The number of rotatable bonds is 6. The molecule has 1 heterocycles. The fourth-order valence-electron chi connectivity index (χ4n) is 2.58. The van der Waals surface area contributed by atoms with E-state index in [0.717, 1.165) is 32.8 Å². The summed E-state index contributed by atoms with van der Waals surface area (Å²) in [6.45, 7) is 4.01. The molecule has 2 aromatic carbocycles. The molecule has 1 saturated heterocycles. The van der Waals surface area contributed by atoms with E-state index in [1.165, 1.54) is 12.1 Å². The zero-order valence-corrected chi connectivity index (χ0v) is 14.6. The van der Waals surface area contributed by atoms with Crippen LogP contribution in [0.5, 0.6) is 11.5 Å². The molecular formula is C19H21ClFNO3. The Balaban J connectivity index is 0.00000225. The Morgan fingerprint density at radius 2 is 1.56 bits per heavy atom. The molecule has 1 aliphatic heterocycles. The predicted octanol–water partition coefficient (Wildman–Crippen LogP) is 3.94. The van der Waals surface area contributed by atoms with Crippen LogP contribution in [0.25, 0.3) is 0 Å². The third-order valence-corrected chi connectivity index (χ3v) is 3.98. The molecule has 4 nitrogen and oxygen atoms in total.